The van der Waals surface area contributed by atoms with Gasteiger partial charge in [-0.15, -0.1) is 0 Å². The number of carbonyl (C=O) groups is 1. The first-order valence-corrected chi connectivity index (χ1v) is 6.61. The van der Waals surface area contributed by atoms with Crippen molar-refractivity contribution in [1.82, 2.24) is 15.3 Å². The molecule has 0 spiro atoms. The van der Waals surface area contributed by atoms with E-state index in [0.29, 0.717) is 12.1 Å². The van der Waals surface area contributed by atoms with Gasteiger partial charge in [-0.2, -0.15) is 0 Å². The topological polar surface area (TPSA) is 66.9 Å². The molecule has 2 rings (SSSR count). The summed E-state index contributed by atoms with van der Waals surface area (Å²) < 4.78 is 0. The van der Waals surface area contributed by atoms with Gasteiger partial charge >= 0.3 is 0 Å². The first-order valence-electron chi connectivity index (χ1n) is 6.61. The highest BCUT2D eigenvalue weighted by Crippen LogP contribution is 2.02. The van der Waals surface area contributed by atoms with Crippen molar-refractivity contribution in [2.24, 2.45) is 0 Å². The molecule has 0 aliphatic carbocycles. The van der Waals surface area contributed by atoms with Crippen LogP contribution in [0.5, 0.6) is 0 Å². The lowest BCUT2D eigenvalue weighted by molar-refractivity contribution is 0.0953. The molecule has 1 aromatic carbocycles. The minimum atomic E-state index is -0.0384. The van der Waals surface area contributed by atoms with E-state index >= 15 is 0 Å². The van der Waals surface area contributed by atoms with Gasteiger partial charge in [0, 0.05) is 30.4 Å². The maximum absolute atomic E-state index is 11.8. The second kappa shape index (κ2) is 7.23. The van der Waals surface area contributed by atoms with Crippen molar-refractivity contribution in [2.75, 3.05) is 18.4 Å². The van der Waals surface area contributed by atoms with Crippen molar-refractivity contribution in [2.45, 2.75) is 13.3 Å². The molecule has 1 heterocycles. The van der Waals surface area contributed by atoms with Crippen LogP contribution in [0.15, 0.2) is 42.7 Å². The molecule has 0 unspecified atom stereocenters. The Morgan fingerprint density at radius 3 is 2.70 bits per heavy atom. The van der Waals surface area contributed by atoms with Crippen LogP contribution in [0, 0.1) is 6.92 Å². The summed E-state index contributed by atoms with van der Waals surface area (Å²) in [7, 11) is 0. The van der Waals surface area contributed by atoms with E-state index in [4.69, 9.17) is 0 Å². The molecule has 104 valence electrons. The quantitative estimate of drug-likeness (QED) is 0.788. The van der Waals surface area contributed by atoms with Crippen LogP contribution in [-0.2, 0) is 0 Å². The summed E-state index contributed by atoms with van der Waals surface area (Å²) in [4.78, 5) is 19.9. The maximum Gasteiger partial charge on any atom is 0.251 e. The third-order valence-corrected chi connectivity index (χ3v) is 2.79. The molecule has 1 aromatic heterocycles. The van der Waals surface area contributed by atoms with Gasteiger partial charge in [0.05, 0.1) is 0 Å². The largest absolute Gasteiger partial charge is 0.370 e. The van der Waals surface area contributed by atoms with Gasteiger partial charge in [-0.05, 0) is 25.5 Å². The molecule has 0 radical (unpaired) electrons. The second-order valence-electron chi connectivity index (χ2n) is 4.45. The summed E-state index contributed by atoms with van der Waals surface area (Å²) in [6, 6.07) is 11.1. The van der Waals surface area contributed by atoms with Crippen LogP contribution < -0.4 is 10.6 Å². The summed E-state index contributed by atoms with van der Waals surface area (Å²) in [5.41, 5.74) is 1.62. The lowest BCUT2D eigenvalue weighted by Gasteiger charge is -2.07. The summed E-state index contributed by atoms with van der Waals surface area (Å²) in [5.74, 6) is 0.773. The van der Waals surface area contributed by atoms with E-state index in [2.05, 4.69) is 20.6 Å². The smallest absolute Gasteiger partial charge is 0.251 e. The molecule has 0 saturated carbocycles. The van der Waals surface area contributed by atoms with E-state index in [1.807, 2.05) is 31.2 Å². The van der Waals surface area contributed by atoms with E-state index < -0.39 is 0 Å². The Kier molecular flexibility index (Phi) is 5.06. The number of benzene rings is 1. The molecular formula is C15H18N4O. The zero-order chi connectivity index (χ0) is 14.2. The molecule has 1 amide bonds. The normalized spacial score (nSPS) is 10.1. The zero-order valence-electron chi connectivity index (χ0n) is 11.5. The van der Waals surface area contributed by atoms with Crippen LogP contribution >= 0.6 is 0 Å². The third kappa shape index (κ3) is 4.35. The maximum atomic E-state index is 11.8. The number of anilines is 1. The van der Waals surface area contributed by atoms with Crippen molar-refractivity contribution in [3.63, 3.8) is 0 Å². The molecule has 20 heavy (non-hydrogen) atoms. The SMILES string of the molecule is Cc1cc(NCCCNC(=O)c2ccccc2)ncn1. The van der Waals surface area contributed by atoms with Gasteiger partial charge in [0.25, 0.3) is 5.91 Å². The number of aromatic nitrogens is 2. The van der Waals surface area contributed by atoms with E-state index in [9.17, 15) is 4.79 Å². The van der Waals surface area contributed by atoms with Crippen LogP contribution in [0.2, 0.25) is 0 Å². The van der Waals surface area contributed by atoms with Gasteiger partial charge in [0.1, 0.15) is 12.1 Å². The summed E-state index contributed by atoms with van der Waals surface area (Å²) in [6.07, 6.45) is 2.37. The molecule has 0 aliphatic rings. The van der Waals surface area contributed by atoms with Crippen LogP contribution in [0.4, 0.5) is 5.82 Å². The summed E-state index contributed by atoms with van der Waals surface area (Å²) >= 11 is 0. The molecule has 0 atom stereocenters. The standard InChI is InChI=1S/C15H18N4O/c1-12-10-14(19-11-18-12)16-8-5-9-17-15(20)13-6-3-2-4-7-13/h2-4,6-7,10-11H,5,8-9H2,1H3,(H,17,20)(H,16,18,19). The number of hydrogen-bond acceptors (Lipinski definition) is 4. The Morgan fingerprint density at radius 1 is 1.15 bits per heavy atom. The Hall–Kier alpha value is -2.43. The highest BCUT2D eigenvalue weighted by Gasteiger charge is 2.02. The van der Waals surface area contributed by atoms with Crippen molar-refractivity contribution < 1.29 is 4.79 Å². The Balaban J connectivity index is 1.66. The molecular weight excluding hydrogens is 252 g/mol. The Labute approximate surface area is 118 Å². The lowest BCUT2D eigenvalue weighted by Crippen LogP contribution is -2.25. The number of nitrogens with one attached hydrogen (secondary N) is 2. The van der Waals surface area contributed by atoms with Crippen LogP contribution in [0.25, 0.3) is 0 Å². The minimum Gasteiger partial charge on any atom is -0.370 e. The second-order valence-corrected chi connectivity index (χ2v) is 4.45. The fourth-order valence-corrected chi connectivity index (χ4v) is 1.75. The first kappa shape index (κ1) is 14.0. The number of nitrogens with zero attached hydrogens (tertiary/aromatic N) is 2. The van der Waals surface area contributed by atoms with Crippen LogP contribution in [0.3, 0.4) is 0 Å². The van der Waals surface area contributed by atoms with Crippen LogP contribution in [0.1, 0.15) is 22.5 Å². The molecule has 0 aliphatic heterocycles. The molecule has 0 saturated heterocycles. The predicted octanol–water partition coefficient (Wildman–Crippen LogP) is 2.02. The van der Waals surface area contributed by atoms with Gasteiger partial charge in [-0.3, -0.25) is 4.79 Å². The predicted molar refractivity (Wildman–Crippen MR) is 78.7 cm³/mol. The van der Waals surface area contributed by atoms with Gasteiger partial charge in [0.2, 0.25) is 0 Å². The first-order chi connectivity index (χ1) is 9.75. The molecule has 2 aromatic rings. The van der Waals surface area contributed by atoms with Crippen molar-refractivity contribution in [3.05, 3.63) is 54.0 Å². The average molecular weight is 270 g/mol. The van der Waals surface area contributed by atoms with Crippen LogP contribution in [-0.4, -0.2) is 29.0 Å². The van der Waals surface area contributed by atoms with E-state index in [0.717, 1.165) is 24.5 Å². The Bertz CT molecular complexity index is 557. The van der Waals surface area contributed by atoms with Gasteiger partial charge in [-0.1, -0.05) is 18.2 Å². The van der Waals surface area contributed by atoms with Gasteiger partial charge in [-0.25, -0.2) is 9.97 Å². The Morgan fingerprint density at radius 2 is 1.95 bits per heavy atom. The molecule has 2 N–H and O–H groups in total. The highest BCUT2D eigenvalue weighted by molar-refractivity contribution is 5.94. The highest BCUT2D eigenvalue weighted by atomic mass is 16.1. The number of rotatable bonds is 6. The van der Waals surface area contributed by atoms with Crippen molar-refractivity contribution in [1.29, 1.82) is 0 Å². The van der Waals surface area contributed by atoms with E-state index in [-0.39, 0.29) is 5.91 Å². The lowest BCUT2D eigenvalue weighted by atomic mass is 10.2. The minimum absolute atomic E-state index is 0.0384. The number of aryl methyl sites for hydroxylation is 1. The summed E-state index contributed by atoms with van der Waals surface area (Å²) in [5, 5.41) is 6.08. The molecule has 0 bridgehead atoms. The van der Waals surface area contributed by atoms with E-state index in [1.165, 1.54) is 6.33 Å². The monoisotopic (exact) mass is 270 g/mol. The fraction of sp³-hybridized carbons (Fsp3) is 0.267. The average Bonchev–Trinajstić information content (AvgIpc) is 2.48. The number of amides is 1. The molecule has 5 heteroatoms. The molecule has 0 fully saturated rings. The number of hydrogen-bond donors (Lipinski definition) is 2. The third-order valence-electron chi connectivity index (χ3n) is 2.79. The summed E-state index contributed by atoms with van der Waals surface area (Å²) in [6.45, 7) is 3.31. The molecule has 5 nitrogen and oxygen atoms in total. The number of carbonyl (C=O) groups excluding carboxylic acids is 1. The van der Waals surface area contributed by atoms with Gasteiger partial charge < -0.3 is 10.6 Å². The fourth-order valence-electron chi connectivity index (χ4n) is 1.75. The van der Waals surface area contributed by atoms with Crippen molar-refractivity contribution in [3.8, 4) is 0 Å². The zero-order valence-corrected chi connectivity index (χ0v) is 11.5. The van der Waals surface area contributed by atoms with Crippen molar-refractivity contribution >= 4 is 11.7 Å². The van der Waals surface area contributed by atoms with Gasteiger partial charge in [0.15, 0.2) is 0 Å². The van der Waals surface area contributed by atoms with E-state index in [1.54, 1.807) is 12.1 Å².